The molecule has 0 radical (unpaired) electrons. The Morgan fingerprint density at radius 2 is 1.82 bits per heavy atom. The second-order valence-electron chi connectivity index (χ2n) is 8.77. The number of nitrogens with one attached hydrogen (secondary N) is 1. The maximum atomic E-state index is 13.7. The molecule has 1 N–H and O–H groups in total. The van der Waals surface area contributed by atoms with Crippen molar-refractivity contribution < 1.29 is 27.7 Å². The zero-order chi connectivity index (χ0) is 28.3. The fourth-order valence-corrected chi connectivity index (χ4v) is 4.83. The van der Waals surface area contributed by atoms with Gasteiger partial charge in [0.2, 0.25) is 21.8 Å². The van der Waals surface area contributed by atoms with E-state index >= 15 is 0 Å². The van der Waals surface area contributed by atoms with Gasteiger partial charge in [-0.15, -0.1) is 0 Å². The van der Waals surface area contributed by atoms with E-state index in [1.54, 1.807) is 6.92 Å². The third-order valence-electron chi connectivity index (χ3n) is 6.02. The van der Waals surface area contributed by atoms with Gasteiger partial charge < -0.3 is 15.0 Å². The molecule has 208 valence electrons. The predicted molar refractivity (Wildman–Crippen MR) is 146 cm³/mol. The fraction of sp³-hybridized carbons (Fsp3) is 0.462. The van der Waals surface area contributed by atoms with Crippen LogP contribution < -0.4 is 14.4 Å². The second kappa shape index (κ2) is 14.3. The number of carbonyl (C=O) groups is 2. The van der Waals surface area contributed by atoms with Crippen LogP contribution in [0.3, 0.4) is 0 Å². The van der Waals surface area contributed by atoms with Gasteiger partial charge in [0.25, 0.3) is 5.69 Å². The number of carbonyl (C=O) groups excluding carboxylic acids is 2. The quantitative estimate of drug-likeness (QED) is 0.205. The Labute approximate surface area is 224 Å². The van der Waals surface area contributed by atoms with Crippen LogP contribution >= 0.6 is 0 Å². The standard InChI is InChI=1S/C26H36N4O7S/c1-5-7-16-27-26(32)22(6-2)28(17-15-20-11-9-8-10-12-20)25(31)19-29(38(4,35)36)23-18-21(30(33)34)13-14-24(23)37-3/h8-14,18,22H,5-7,15-17,19H2,1-4H3,(H,27,32). The molecule has 2 aromatic carbocycles. The van der Waals surface area contributed by atoms with E-state index in [1.807, 2.05) is 37.3 Å². The molecular weight excluding hydrogens is 512 g/mol. The highest BCUT2D eigenvalue weighted by molar-refractivity contribution is 7.92. The monoisotopic (exact) mass is 548 g/mol. The molecule has 12 heteroatoms. The predicted octanol–water partition coefficient (Wildman–Crippen LogP) is 3.14. The van der Waals surface area contributed by atoms with Crippen molar-refractivity contribution in [3.05, 3.63) is 64.2 Å². The highest BCUT2D eigenvalue weighted by Crippen LogP contribution is 2.33. The molecule has 0 saturated heterocycles. The summed E-state index contributed by atoms with van der Waals surface area (Å²) in [5.74, 6) is -0.882. The highest BCUT2D eigenvalue weighted by Gasteiger charge is 2.32. The Morgan fingerprint density at radius 3 is 2.37 bits per heavy atom. The number of ether oxygens (including phenoxy) is 1. The van der Waals surface area contributed by atoms with Gasteiger partial charge in [0.1, 0.15) is 24.0 Å². The van der Waals surface area contributed by atoms with E-state index in [9.17, 15) is 28.1 Å². The summed E-state index contributed by atoms with van der Waals surface area (Å²) >= 11 is 0. The molecule has 1 unspecified atom stereocenters. The smallest absolute Gasteiger partial charge is 0.271 e. The van der Waals surface area contributed by atoms with Gasteiger partial charge in [-0.25, -0.2) is 8.42 Å². The first-order valence-electron chi connectivity index (χ1n) is 12.4. The molecular formula is C26H36N4O7S. The molecule has 0 aliphatic carbocycles. The molecule has 2 rings (SSSR count). The van der Waals surface area contributed by atoms with Crippen LogP contribution in [0, 0.1) is 10.1 Å². The Morgan fingerprint density at radius 1 is 1.13 bits per heavy atom. The first-order valence-corrected chi connectivity index (χ1v) is 14.3. The minimum absolute atomic E-state index is 0.0500. The minimum Gasteiger partial charge on any atom is -0.495 e. The molecule has 0 bridgehead atoms. The topological polar surface area (TPSA) is 139 Å². The maximum absolute atomic E-state index is 13.7. The average Bonchev–Trinajstić information content (AvgIpc) is 2.89. The lowest BCUT2D eigenvalue weighted by Gasteiger charge is -2.33. The number of benzene rings is 2. The van der Waals surface area contributed by atoms with Crippen LogP contribution in [0.15, 0.2) is 48.5 Å². The third-order valence-corrected chi connectivity index (χ3v) is 7.15. The van der Waals surface area contributed by atoms with Gasteiger partial charge in [-0.05, 0) is 30.9 Å². The lowest BCUT2D eigenvalue weighted by atomic mass is 10.1. The van der Waals surface area contributed by atoms with Crippen molar-refractivity contribution >= 4 is 33.2 Å². The molecule has 0 aliphatic rings. The van der Waals surface area contributed by atoms with Crippen LogP contribution in [-0.4, -0.2) is 69.1 Å². The molecule has 0 aromatic heterocycles. The number of amides is 2. The third kappa shape index (κ3) is 8.44. The van der Waals surface area contributed by atoms with Crippen molar-refractivity contribution in [2.45, 2.75) is 45.6 Å². The van der Waals surface area contributed by atoms with Crippen LogP contribution in [0.4, 0.5) is 11.4 Å². The average molecular weight is 549 g/mol. The molecule has 38 heavy (non-hydrogen) atoms. The maximum Gasteiger partial charge on any atom is 0.271 e. The first-order chi connectivity index (χ1) is 18.0. The zero-order valence-corrected chi connectivity index (χ0v) is 23.1. The van der Waals surface area contributed by atoms with E-state index < -0.39 is 33.4 Å². The van der Waals surface area contributed by atoms with Crippen LogP contribution in [-0.2, 0) is 26.0 Å². The summed E-state index contributed by atoms with van der Waals surface area (Å²) in [5.41, 5.74) is 0.456. The van der Waals surface area contributed by atoms with Gasteiger partial charge in [0.05, 0.1) is 18.3 Å². The van der Waals surface area contributed by atoms with Crippen LogP contribution in [0.25, 0.3) is 0 Å². The van der Waals surface area contributed by atoms with E-state index in [4.69, 9.17) is 4.74 Å². The van der Waals surface area contributed by atoms with Crippen molar-refractivity contribution in [1.29, 1.82) is 0 Å². The molecule has 2 amide bonds. The Hall–Kier alpha value is -3.67. The molecule has 1 atom stereocenters. The molecule has 0 fully saturated rings. The van der Waals surface area contributed by atoms with Crippen LogP contribution in [0.1, 0.15) is 38.7 Å². The van der Waals surface area contributed by atoms with E-state index in [0.29, 0.717) is 19.4 Å². The van der Waals surface area contributed by atoms with Crippen molar-refractivity contribution in [3.8, 4) is 5.75 Å². The molecule has 0 aliphatic heterocycles. The summed E-state index contributed by atoms with van der Waals surface area (Å²) < 4.78 is 31.7. The van der Waals surface area contributed by atoms with E-state index in [2.05, 4.69) is 5.32 Å². The van der Waals surface area contributed by atoms with Gasteiger partial charge >= 0.3 is 0 Å². The Kier molecular flexibility index (Phi) is 11.5. The molecule has 11 nitrogen and oxygen atoms in total. The van der Waals surface area contributed by atoms with E-state index in [1.165, 1.54) is 24.1 Å². The zero-order valence-electron chi connectivity index (χ0n) is 22.3. The summed E-state index contributed by atoms with van der Waals surface area (Å²) in [6, 6.07) is 12.1. The molecule has 0 heterocycles. The number of nitro benzene ring substituents is 1. The normalized spacial score (nSPS) is 11.9. The van der Waals surface area contributed by atoms with Gasteiger partial charge in [-0.3, -0.25) is 24.0 Å². The van der Waals surface area contributed by atoms with Crippen molar-refractivity contribution in [2.75, 3.05) is 37.3 Å². The number of unbranched alkanes of at least 4 members (excludes halogenated alkanes) is 1. The summed E-state index contributed by atoms with van der Waals surface area (Å²) in [4.78, 5) is 38.8. The highest BCUT2D eigenvalue weighted by atomic mass is 32.2. The summed E-state index contributed by atoms with van der Waals surface area (Å²) in [7, 11) is -2.78. The van der Waals surface area contributed by atoms with E-state index in [-0.39, 0.29) is 29.6 Å². The number of anilines is 1. The van der Waals surface area contributed by atoms with Crippen LogP contribution in [0.5, 0.6) is 5.75 Å². The van der Waals surface area contributed by atoms with Gasteiger partial charge in [-0.2, -0.15) is 0 Å². The number of hydrogen-bond acceptors (Lipinski definition) is 7. The van der Waals surface area contributed by atoms with Gasteiger partial charge in [0, 0.05) is 25.2 Å². The Balaban J connectivity index is 2.45. The largest absolute Gasteiger partial charge is 0.495 e. The molecule has 0 spiro atoms. The summed E-state index contributed by atoms with van der Waals surface area (Å²) in [6.45, 7) is 3.76. The number of hydrogen-bond donors (Lipinski definition) is 1. The number of non-ortho nitro benzene ring substituents is 1. The number of nitro groups is 1. The van der Waals surface area contributed by atoms with Crippen LogP contribution in [0.2, 0.25) is 0 Å². The van der Waals surface area contributed by atoms with Crippen molar-refractivity contribution in [1.82, 2.24) is 10.2 Å². The SMILES string of the molecule is CCCCNC(=O)C(CC)N(CCc1ccccc1)C(=O)CN(c1cc([N+](=O)[O-])ccc1OC)S(C)(=O)=O. The van der Waals surface area contributed by atoms with Gasteiger partial charge in [-0.1, -0.05) is 50.6 Å². The van der Waals surface area contributed by atoms with E-state index in [0.717, 1.165) is 35.0 Å². The van der Waals surface area contributed by atoms with Crippen molar-refractivity contribution in [2.24, 2.45) is 0 Å². The lowest BCUT2D eigenvalue weighted by Crippen LogP contribution is -2.53. The molecule has 0 saturated carbocycles. The number of sulfonamides is 1. The summed E-state index contributed by atoms with van der Waals surface area (Å²) in [5, 5.41) is 14.2. The number of rotatable bonds is 15. The Bertz CT molecular complexity index is 1210. The number of methoxy groups -OCH3 is 1. The fourth-order valence-electron chi connectivity index (χ4n) is 3.98. The van der Waals surface area contributed by atoms with Gasteiger partial charge in [0.15, 0.2) is 0 Å². The molecule has 2 aromatic rings. The first kappa shape index (κ1) is 30.6. The van der Waals surface area contributed by atoms with Crippen molar-refractivity contribution in [3.63, 3.8) is 0 Å². The summed E-state index contributed by atoms with van der Waals surface area (Å²) in [6.07, 6.45) is 3.35. The lowest BCUT2D eigenvalue weighted by molar-refractivity contribution is -0.384. The second-order valence-corrected chi connectivity index (χ2v) is 10.7. The minimum atomic E-state index is -4.08. The number of nitrogens with zero attached hydrogens (tertiary/aromatic N) is 3.